The second-order valence-electron chi connectivity index (χ2n) is 5.59. The van der Waals surface area contributed by atoms with Crippen LogP contribution in [0.25, 0.3) is 0 Å². The van der Waals surface area contributed by atoms with Gasteiger partial charge in [0, 0.05) is 16.2 Å². The van der Waals surface area contributed by atoms with Crippen LogP contribution in [0.5, 0.6) is 0 Å². The fourth-order valence-corrected chi connectivity index (χ4v) is 4.16. The van der Waals surface area contributed by atoms with Crippen LogP contribution in [-0.2, 0) is 0 Å². The average Bonchev–Trinajstić information content (AvgIpc) is 2.38. The number of thioether (sulfide) groups is 1. The summed E-state index contributed by atoms with van der Waals surface area (Å²) in [5.41, 5.74) is 1.39. The normalized spacial score (nSPS) is 25.9. The number of rotatable bonds is 4. The third-order valence-electron chi connectivity index (χ3n) is 3.98. The van der Waals surface area contributed by atoms with Gasteiger partial charge in [-0.05, 0) is 50.4 Å². The molecular weight excluding hydrogens is 238 g/mol. The molecule has 0 aromatic heterocycles. The van der Waals surface area contributed by atoms with Crippen LogP contribution >= 0.6 is 11.8 Å². The number of hydrogen-bond acceptors (Lipinski definition) is 2. The van der Waals surface area contributed by atoms with Gasteiger partial charge in [-0.1, -0.05) is 31.9 Å². The Morgan fingerprint density at radius 1 is 1.33 bits per heavy atom. The molecule has 1 aliphatic rings. The summed E-state index contributed by atoms with van der Waals surface area (Å²) in [6.45, 7) is 4.61. The molecule has 18 heavy (non-hydrogen) atoms. The maximum atomic E-state index is 3.31. The molecule has 1 aromatic rings. The molecule has 2 rings (SSSR count). The molecule has 0 aliphatic heterocycles. The van der Waals surface area contributed by atoms with Crippen LogP contribution in [-0.4, -0.2) is 12.3 Å². The highest BCUT2D eigenvalue weighted by atomic mass is 32.2. The first-order chi connectivity index (χ1) is 8.69. The van der Waals surface area contributed by atoms with Gasteiger partial charge in [0.05, 0.1) is 0 Å². The Hall–Kier alpha value is -0.470. The lowest BCUT2D eigenvalue weighted by molar-refractivity contribution is 0.394. The van der Waals surface area contributed by atoms with Crippen molar-refractivity contribution in [1.29, 1.82) is 0 Å². The summed E-state index contributed by atoms with van der Waals surface area (Å²) in [4.78, 5) is 1.44. The van der Waals surface area contributed by atoms with E-state index in [1.54, 1.807) is 0 Å². The Balaban J connectivity index is 2.00. The van der Waals surface area contributed by atoms with Crippen molar-refractivity contribution in [3.63, 3.8) is 0 Å². The molecule has 0 saturated heterocycles. The van der Waals surface area contributed by atoms with Gasteiger partial charge in [-0.15, -0.1) is 11.8 Å². The Morgan fingerprint density at radius 3 is 2.89 bits per heavy atom. The summed E-state index contributed by atoms with van der Waals surface area (Å²) in [6.07, 6.45) is 5.61. The first-order valence-corrected chi connectivity index (χ1v) is 8.01. The zero-order valence-electron chi connectivity index (χ0n) is 11.8. The molecule has 100 valence electrons. The molecule has 1 saturated carbocycles. The van der Waals surface area contributed by atoms with E-state index in [2.05, 4.69) is 55.2 Å². The fourth-order valence-electron chi connectivity index (χ4n) is 2.70. The Labute approximate surface area is 116 Å². The van der Waals surface area contributed by atoms with Crippen LogP contribution in [0.4, 0.5) is 0 Å². The predicted molar refractivity (Wildman–Crippen MR) is 81.2 cm³/mol. The van der Waals surface area contributed by atoms with E-state index in [1.807, 2.05) is 7.05 Å². The quantitative estimate of drug-likeness (QED) is 0.849. The van der Waals surface area contributed by atoms with E-state index in [1.165, 1.54) is 36.1 Å². The van der Waals surface area contributed by atoms with Gasteiger partial charge in [-0.3, -0.25) is 0 Å². The minimum Gasteiger partial charge on any atom is -0.313 e. The minimum absolute atomic E-state index is 0.441. The van der Waals surface area contributed by atoms with E-state index in [-0.39, 0.29) is 0 Å². The largest absolute Gasteiger partial charge is 0.313 e. The van der Waals surface area contributed by atoms with Crippen LogP contribution in [0.2, 0.25) is 0 Å². The molecule has 0 spiro atoms. The molecule has 0 amide bonds. The van der Waals surface area contributed by atoms with E-state index in [0.717, 1.165) is 11.2 Å². The van der Waals surface area contributed by atoms with Crippen LogP contribution in [0.3, 0.4) is 0 Å². The van der Waals surface area contributed by atoms with Crippen LogP contribution < -0.4 is 5.32 Å². The summed E-state index contributed by atoms with van der Waals surface area (Å²) in [5.74, 6) is 0.913. The average molecular weight is 263 g/mol. The molecule has 3 unspecified atom stereocenters. The summed E-state index contributed by atoms with van der Waals surface area (Å²) in [7, 11) is 2.02. The standard InChI is InChI=1S/C16H25NS/c1-12-6-4-8-15(10-12)18-16-9-5-7-14(11-16)13(2)17-3/h5,7,9,11-13,15,17H,4,6,8,10H2,1-3H3. The minimum atomic E-state index is 0.441. The molecular formula is C16H25NS. The highest BCUT2D eigenvalue weighted by Crippen LogP contribution is 2.36. The molecule has 1 N–H and O–H groups in total. The van der Waals surface area contributed by atoms with E-state index in [4.69, 9.17) is 0 Å². The number of benzene rings is 1. The van der Waals surface area contributed by atoms with Crippen molar-refractivity contribution < 1.29 is 0 Å². The summed E-state index contributed by atoms with van der Waals surface area (Å²) in [6, 6.07) is 9.46. The van der Waals surface area contributed by atoms with Crippen LogP contribution in [0.1, 0.15) is 51.1 Å². The van der Waals surface area contributed by atoms with Gasteiger partial charge < -0.3 is 5.32 Å². The van der Waals surface area contributed by atoms with Crippen molar-refractivity contribution in [3.05, 3.63) is 29.8 Å². The highest BCUT2D eigenvalue weighted by Gasteiger charge is 2.19. The first kappa shape index (κ1) is 14.0. The number of hydrogen-bond donors (Lipinski definition) is 1. The third-order valence-corrected chi connectivity index (χ3v) is 5.27. The lowest BCUT2D eigenvalue weighted by Crippen LogP contribution is -2.15. The molecule has 1 aliphatic carbocycles. The Kier molecular flexibility index (Phi) is 5.13. The van der Waals surface area contributed by atoms with Crippen molar-refractivity contribution in [2.75, 3.05) is 7.05 Å². The van der Waals surface area contributed by atoms with Gasteiger partial charge in [0.15, 0.2) is 0 Å². The van der Waals surface area contributed by atoms with Gasteiger partial charge in [0.2, 0.25) is 0 Å². The predicted octanol–water partition coefficient (Wildman–Crippen LogP) is 4.64. The lowest BCUT2D eigenvalue weighted by atomic mass is 9.91. The van der Waals surface area contributed by atoms with E-state index in [9.17, 15) is 0 Å². The van der Waals surface area contributed by atoms with Gasteiger partial charge in [-0.25, -0.2) is 0 Å². The maximum Gasteiger partial charge on any atom is 0.0289 e. The molecule has 0 heterocycles. The van der Waals surface area contributed by atoms with Gasteiger partial charge in [0.1, 0.15) is 0 Å². The zero-order chi connectivity index (χ0) is 13.0. The molecule has 2 heteroatoms. The SMILES string of the molecule is CNC(C)c1cccc(SC2CCCC(C)C2)c1. The smallest absolute Gasteiger partial charge is 0.0289 e. The number of nitrogens with one attached hydrogen (secondary N) is 1. The molecule has 0 bridgehead atoms. The second-order valence-corrected chi connectivity index (χ2v) is 6.97. The van der Waals surface area contributed by atoms with Crippen molar-refractivity contribution in [2.24, 2.45) is 5.92 Å². The Bertz CT molecular complexity index is 377. The fraction of sp³-hybridized carbons (Fsp3) is 0.625. The van der Waals surface area contributed by atoms with Gasteiger partial charge in [0.25, 0.3) is 0 Å². The van der Waals surface area contributed by atoms with Crippen molar-refractivity contribution in [3.8, 4) is 0 Å². The van der Waals surface area contributed by atoms with E-state index in [0.29, 0.717) is 6.04 Å². The van der Waals surface area contributed by atoms with Crippen molar-refractivity contribution in [2.45, 2.75) is 55.7 Å². The molecule has 0 radical (unpaired) electrons. The molecule has 1 nitrogen and oxygen atoms in total. The topological polar surface area (TPSA) is 12.0 Å². The maximum absolute atomic E-state index is 3.31. The Morgan fingerprint density at radius 2 is 2.17 bits per heavy atom. The lowest BCUT2D eigenvalue weighted by Gasteiger charge is -2.26. The van der Waals surface area contributed by atoms with Crippen LogP contribution in [0.15, 0.2) is 29.2 Å². The second kappa shape index (κ2) is 6.63. The third kappa shape index (κ3) is 3.76. The summed E-state index contributed by atoms with van der Waals surface area (Å²) < 4.78 is 0. The van der Waals surface area contributed by atoms with E-state index >= 15 is 0 Å². The molecule has 1 aromatic carbocycles. The zero-order valence-corrected chi connectivity index (χ0v) is 12.6. The van der Waals surface area contributed by atoms with Crippen molar-refractivity contribution >= 4 is 11.8 Å². The monoisotopic (exact) mass is 263 g/mol. The van der Waals surface area contributed by atoms with Gasteiger partial charge >= 0.3 is 0 Å². The molecule has 3 atom stereocenters. The summed E-state index contributed by atoms with van der Waals surface area (Å²) >= 11 is 2.08. The van der Waals surface area contributed by atoms with Crippen molar-refractivity contribution in [1.82, 2.24) is 5.32 Å². The first-order valence-electron chi connectivity index (χ1n) is 7.13. The summed E-state index contributed by atoms with van der Waals surface area (Å²) in [5, 5.41) is 4.14. The molecule has 1 fully saturated rings. The van der Waals surface area contributed by atoms with Gasteiger partial charge in [-0.2, -0.15) is 0 Å². The van der Waals surface area contributed by atoms with Crippen LogP contribution in [0, 0.1) is 5.92 Å². The van der Waals surface area contributed by atoms with E-state index < -0.39 is 0 Å². The highest BCUT2D eigenvalue weighted by molar-refractivity contribution is 8.00.